The molecule has 1 heterocycles. The zero-order valence-electron chi connectivity index (χ0n) is 11.6. The molecule has 0 aliphatic rings. The van der Waals surface area contributed by atoms with E-state index in [4.69, 9.17) is 9.15 Å². The maximum Gasteiger partial charge on any atom is 0.123 e. The molecule has 1 aromatic heterocycles. The molecule has 98 valence electrons. The Morgan fingerprint density at radius 3 is 2.47 bits per heavy atom. The van der Waals surface area contributed by atoms with Crippen LogP contribution in [0.4, 0.5) is 0 Å². The second-order valence-electron chi connectivity index (χ2n) is 5.29. The summed E-state index contributed by atoms with van der Waals surface area (Å²) >= 11 is 0. The van der Waals surface area contributed by atoms with Crippen LogP contribution in [0.1, 0.15) is 46.4 Å². The molecule has 0 aliphatic carbocycles. The first-order chi connectivity index (χ1) is 8.00. The lowest BCUT2D eigenvalue weighted by molar-refractivity contribution is -0.0405. The van der Waals surface area contributed by atoms with E-state index in [1.165, 1.54) is 0 Å². The molecule has 0 fully saturated rings. The molecule has 0 amide bonds. The molecule has 2 atom stereocenters. The number of hydrogen-bond donors (Lipinski definition) is 1. The van der Waals surface area contributed by atoms with Crippen LogP contribution in [-0.2, 0) is 4.74 Å². The number of rotatable bonds is 6. The van der Waals surface area contributed by atoms with Gasteiger partial charge in [0.2, 0.25) is 0 Å². The Hall–Kier alpha value is -0.800. The number of likely N-dealkylation sites (N-methyl/N-ethyl adjacent to an activating group) is 1. The van der Waals surface area contributed by atoms with Crippen molar-refractivity contribution >= 4 is 0 Å². The molecule has 0 bridgehead atoms. The topological polar surface area (TPSA) is 34.4 Å². The van der Waals surface area contributed by atoms with Crippen LogP contribution < -0.4 is 5.32 Å². The molecule has 0 saturated heterocycles. The molecule has 0 spiro atoms. The van der Waals surface area contributed by atoms with Crippen LogP contribution in [0.3, 0.4) is 0 Å². The predicted molar refractivity (Wildman–Crippen MR) is 70.0 cm³/mol. The minimum absolute atomic E-state index is 0.0651. The zero-order valence-corrected chi connectivity index (χ0v) is 11.6. The number of hydrogen-bond acceptors (Lipinski definition) is 3. The van der Waals surface area contributed by atoms with Gasteiger partial charge in [0.1, 0.15) is 5.76 Å². The number of nitrogens with one attached hydrogen (secondary N) is 1. The van der Waals surface area contributed by atoms with E-state index < -0.39 is 0 Å². The van der Waals surface area contributed by atoms with Gasteiger partial charge in [0.25, 0.3) is 0 Å². The van der Waals surface area contributed by atoms with Crippen molar-refractivity contribution in [3.8, 4) is 0 Å². The van der Waals surface area contributed by atoms with E-state index in [1.807, 2.05) is 19.1 Å². The van der Waals surface area contributed by atoms with Crippen LogP contribution in [0.15, 0.2) is 22.8 Å². The lowest BCUT2D eigenvalue weighted by Crippen LogP contribution is -2.42. The normalized spacial score (nSPS) is 15.8. The smallest absolute Gasteiger partial charge is 0.123 e. The highest BCUT2D eigenvalue weighted by molar-refractivity contribution is 5.08. The van der Waals surface area contributed by atoms with Crippen LogP contribution in [0.2, 0.25) is 0 Å². The Labute approximate surface area is 105 Å². The number of furan rings is 1. The molecule has 0 aromatic carbocycles. The molecule has 1 N–H and O–H groups in total. The summed E-state index contributed by atoms with van der Waals surface area (Å²) in [6, 6.07) is 4.03. The van der Waals surface area contributed by atoms with Crippen LogP contribution >= 0.6 is 0 Å². The fourth-order valence-electron chi connectivity index (χ4n) is 2.07. The average molecular weight is 239 g/mol. The SMILES string of the molecule is CCNC(c1ccco1)C(OCC)C(C)(C)C. The van der Waals surface area contributed by atoms with Gasteiger partial charge in [-0.3, -0.25) is 0 Å². The first-order valence-electron chi connectivity index (χ1n) is 6.39. The summed E-state index contributed by atoms with van der Waals surface area (Å²) in [6.45, 7) is 12.3. The van der Waals surface area contributed by atoms with Gasteiger partial charge in [-0.1, -0.05) is 27.7 Å². The molecular weight excluding hydrogens is 214 g/mol. The monoisotopic (exact) mass is 239 g/mol. The quantitative estimate of drug-likeness (QED) is 0.826. The van der Waals surface area contributed by atoms with Crippen molar-refractivity contribution in [2.45, 2.75) is 46.8 Å². The first-order valence-corrected chi connectivity index (χ1v) is 6.39. The molecule has 2 unspecified atom stereocenters. The Kier molecular flexibility index (Phi) is 5.22. The van der Waals surface area contributed by atoms with Gasteiger partial charge in [0, 0.05) is 6.61 Å². The molecule has 17 heavy (non-hydrogen) atoms. The van der Waals surface area contributed by atoms with Crippen LogP contribution in [-0.4, -0.2) is 19.3 Å². The summed E-state index contributed by atoms with van der Waals surface area (Å²) in [5.74, 6) is 0.945. The highest BCUT2D eigenvalue weighted by atomic mass is 16.5. The van der Waals surface area contributed by atoms with Crippen molar-refractivity contribution in [3.63, 3.8) is 0 Å². The summed E-state index contributed by atoms with van der Waals surface area (Å²) in [4.78, 5) is 0. The zero-order chi connectivity index (χ0) is 12.9. The van der Waals surface area contributed by atoms with Crippen molar-refractivity contribution < 1.29 is 9.15 Å². The van der Waals surface area contributed by atoms with E-state index in [0.717, 1.165) is 12.3 Å². The van der Waals surface area contributed by atoms with Crippen molar-refractivity contribution in [2.75, 3.05) is 13.2 Å². The Morgan fingerprint density at radius 1 is 1.35 bits per heavy atom. The van der Waals surface area contributed by atoms with Crippen molar-refractivity contribution in [1.29, 1.82) is 0 Å². The molecule has 0 aliphatic heterocycles. The summed E-state index contributed by atoms with van der Waals surface area (Å²) in [7, 11) is 0. The molecule has 0 radical (unpaired) electrons. The summed E-state index contributed by atoms with van der Waals surface area (Å²) in [5.41, 5.74) is 0.0651. The Balaban J connectivity index is 2.93. The third-order valence-corrected chi connectivity index (χ3v) is 2.78. The second-order valence-corrected chi connectivity index (χ2v) is 5.29. The van der Waals surface area contributed by atoms with Crippen LogP contribution in [0.5, 0.6) is 0 Å². The standard InChI is InChI=1S/C14H25NO2/c1-6-15-12(11-9-8-10-17-11)13(16-7-2)14(3,4)5/h8-10,12-13,15H,6-7H2,1-5H3. The maximum atomic E-state index is 5.92. The predicted octanol–water partition coefficient (Wildman–Crippen LogP) is 3.38. The van der Waals surface area contributed by atoms with Gasteiger partial charge in [0.15, 0.2) is 0 Å². The van der Waals surface area contributed by atoms with Gasteiger partial charge in [-0.2, -0.15) is 0 Å². The van der Waals surface area contributed by atoms with E-state index in [2.05, 4.69) is 33.0 Å². The Morgan fingerprint density at radius 2 is 2.06 bits per heavy atom. The summed E-state index contributed by atoms with van der Waals surface area (Å²) in [6.07, 6.45) is 1.81. The minimum atomic E-state index is 0.0651. The van der Waals surface area contributed by atoms with Crippen molar-refractivity contribution in [3.05, 3.63) is 24.2 Å². The van der Waals surface area contributed by atoms with E-state index >= 15 is 0 Å². The van der Waals surface area contributed by atoms with Gasteiger partial charge in [0.05, 0.1) is 18.4 Å². The third-order valence-electron chi connectivity index (χ3n) is 2.78. The minimum Gasteiger partial charge on any atom is -0.468 e. The Bertz CT molecular complexity index is 301. The summed E-state index contributed by atoms with van der Waals surface area (Å²) < 4.78 is 11.5. The molecule has 1 aromatic rings. The summed E-state index contributed by atoms with van der Waals surface area (Å²) in [5, 5.41) is 3.46. The molecular formula is C14H25NO2. The fourth-order valence-corrected chi connectivity index (χ4v) is 2.07. The van der Waals surface area contributed by atoms with E-state index in [0.29, 0.717) is 6.61 Å². The highest BCUT2D eigenvalue weighted by Crippen LogP contribution is 2.33. The largest absolute Gasteiger partial charge is 0.468 e. The van der Waals surface area contributed by atoms with Crippen LogP contribution in [0, 0.1) is 5.41 Å². The van der Waals surface area contributed by atoms with Crippen molar-refractivity contribution in [1.82, 2.24) is 5.32 Å². The van der Waals surface area contributed by atoms with Gasteiger partial charge in [-0.05, 0) is 31.0 Å². The lowest BCUT2D eigenvalue weighted by atomic mass is 9.83. The van der Waals surface area contributed by atoms with E-state index in [-0.39, 0.29) is 17.6 Å². The third kappa shape index (κ3) is 3.86. The second kappa shape index (κ2) is 6.22. The van der Waals surface area contributed by atoms with E-state index in [1.54, 1.807) is 6.26 Å². The highest BCUT2D eigenvalue weighted by Gasteiger charge is 2.34. The molecule has 3 nitrogen and oxygen atoms in total. The lowest BCUT2D eigenvalue weighted by Gasteiger charge is -2.36. The number of ether oxygens (including phenoxy) is 1. The molecule has 0 saturated carbocycles. The first kappa shape index (κ1) is 14.3. The van der Waals surface area contributed by atoms with Gasteiger partial charge in [-0.25, -0.2) is 0 Å². The van der Waals surface area contributed by atoms with Crippen LogP contribution in [0.25, 0.3) is 0 Å². The average Bonchev–Trinajstić information content (AvgIpc) is 2.75. The van der Waals surface area contributed by atoms with E-state index in [9.17, 15) is 0 Å². The molecule has 1 rings (SSSR count). The maximum absolute atomic E-state index is 5.92. The van der Waals surface area contributed by atoms with Crippen molar-refractivity contribution in [2.24, 2.45) is 5.41 Å². The van der Waals surface area contributed by atoms with Gasteiger partial charge < -0.3 is 14.5 Å². The molecule has 3 heteroatoms. The fraction of sp³-hybridized carbons (Fsp3) is 0.714. The van der Waals surface area contributed by atoms with Gasteiger partial charge >= 0.3 is 0 Å². The van der Waals surface area contributed by atoms with Gasteiger partial charge in [-0.15, -0.1) is 0 Å².